The first-order valence-electron chi connectivity index (χ1n) is 12.7. The van der Waals surface area contributed by atoms with Gasteiger partial charge >= 0.3 is 12.1 Å². The zero-order valence-electron chi connectivity index (χ0n) is 23.0. The predicted molar refractivity (Wildman–Crippen MR) is 149 cm³/mol. The van der Waals surface area contributed by atoms with Gasteiger partial charge in [0.2, 0.25) is 0 Å². The first-order valence-corrected chi connectivity index (χ1v) is 12.7. The van der Waals surface area contributed by atoms with E-state index in [1.165, 1.54) is 18.2 Å². The lowest BCUT2D eigenvalue weighted by molar-refractivity contribution is 0.0523. The molecule has 0 aliphatic heterocycles. The van der Waals surface area contributed by atoms with Crippen molar-refractivity contribution < 1.29 is 28.2 Å². The van der Waals surface area contributed by atoms with Crippen LogP contribution in [0.2, 0.25) is 0 Å². The number of carbonyl (C=O) groups excluding carboxylic acids is 2. The molecular formula is C30H36FN3O5. The maximum absolute atomic E-state index is 13.5. The van der Waals surface area contributed by atoms with Gasteiger partial charge in [0.15, 0.2) is 11.5 Å². The fraction of sp³-hybridized carbons (Fsp3) is 0.333. The molecule has 3 rings (SSSR count). The normalized spacial score (nSPS) is 10.9. The molecular weight excluding hydrogens is 501 g/mol. The van der Waals surface area contributed by atoms with Gasteiger partial charge in [-0.2, -0.15) is 0 Å². The summed E-state index contributed by atoms with van der Waals surface area (Å²) in [5.41, 5.74) is 2.27. The Morgan fingerprint density at radius 1 is 0.949 bits per heavy atom. The molecule has 0 aromatic heterocycles. The molecule has 0 radical (unpaired) electrons. The molecule has 0 spiro atoms. The number of ether oxygens (including phenoxy) is 3. The zero-order chi connectivity index (χ0) is 28.4. The van der Waals surface area contributed by atoms with Crippen molar-refractivity contribution in [1.29, 1.82) is 0 Å². The number of rotatable bonds is 10. The Balaban J connectivity index is 1.73. The van der Waals surface area contributed by atoms with E-state index in [0.29, 0.717) is 29.4 Å². The Hall–Kier alpha value is -4.27. The number of aryl methyl sites for hydroxylation is 1. The third kappa shape index (κ3) is 9.52. The minimum Gasteiger partial charge on any atom is -0.493 e. The van der Waals surface area contributed by atoms with Gasteiger partial charge in [-0.1, -0.05) is 36.4 Å². The van der Waals surface area contributed by atoms with Gasteiger partial charge in [0.05, 0.1) is 7.11 Å². The van der Waals surface area contributed by atoms with E-state index in [1.54, 1.807) is 45.8 Å². The van der Waals surface area contributed by atoms with E-state index in [4.69, 9.17) is 14.2 Å². The Morgan fingerprint density at radius 2 is 1.69 bits per heavy atom. The van der Waals surface area contributed by atoms with Crippen molar-refractivity contribution in [3.63, 3.8) is 0 Å². The zero-order valence-corrected chi connectivity index (χ0v) is 23.0. The molecule has 0 atom stereocenters. The van der Waals surface area contributed by atoms with E-state index >= 15 is 0 Å². The van der Waals surface area contributed by atoms with Crippen LogP contribution in [-0.2, 0) is 17.9 Å². The summed E-state index contributed by atoms with van der Waals surface area (Å²) in [7, 11) is 1.56. The van der Waals surface area contributed by atoms with Crippen LogP contribution in [-0.4, -0.2) is 42.8 Å². The molecule has 3 aromatic carbocycles. The van der Waals surface area contributed by atoms with E-state index in [2.05, 4.69) is 10.6 Å². The molecule has 208 valence electrons. The predicted octanol–water partition coefficient (Wildman–Crippen LogP) is 6.28. The molecule has 0 saturated heterocycles. The number of amides is 3. The summed E-state index contributed by atoms with van der Waals surface area (Å²) in [6.45, 7) is 8.01. The monoisotopic (exact) mass is 537 g/mol. The van der Waals surface area contributed by atoms with Gasteiger partial charge in [-0.3, -0.25) is 0 Å². The number of alkyl carbamates (subject to hydrolysis) is 1. The minimum absolute atomic E-state index is 0.167. The number of methoxy groups -OCH3 is 1. The molecule has 0 heterocycles. The standard InChI is InChI=1S/C30H36FN3O5/c1-21-17-24(31)12-13-25(21)33-28(35)34(16-15-32-29(36)39-30(2,3)4)19-23-11-14-26(27(18-23)37-5)38-20-22-9-7-6-8-10-22/h6-14,17-18H,15-16,19-20H2,1-5H3,(H,32,36)(H,33,35). The number of halogens is 1. The Labute approximate surface area is 229 Å². The summed E-state index contributed by atoms with van der Waals surface area (Å²) < 4.78 is 30.3. The maximum atomic E-state index is 13.5. The lowest BCUT2D eigenvalue weighted by atomic mass is 10.1. The highest BCUT2D eigenvalue weighted by atomic mass is 19.1. The molecule has 0 unspecified atom stereocenters. The van der Waals surface area contributed by atoms with Gasteiger partial charge < -0.3 is 29.7 Å². The number of anilines is 1. The molecule has 0 saturated carbocycles. The number of benzene rings is 3. The highest BCUT2D eigenvalue weighted by Crippen LogP contribution is 2.29. The summed E-state index contributed by atoms with van der Waals surface area (Å²) in [5.74, 6) is 0.727. The topological polar surface area (TPSA) is 89.1 Å². The summed E-state index contributed by atoms with van der Waals surface area (Å²) in [6, 6.07) is 19.0. The third-order valence-corrected chi connectivity index (χ3v) is 5.61. The number of nitrogens with one attached hydrogen (secondary N) is 2. The molecule has 0 bridgehead atoms. The smallest absolute Gasteiger partial charge is 0.407 e. The average Bonchev–Trinajstić information content (AvgIpc) is 2.88. The van der Waals surface area contributed by atoms with Crippen molar-refractivity contribution in [2.45, 2.75) is 46.4 Å². The SMILES string of the molecule is COc1cc(CN(CCNC(=O)OC(C)(C)C)C(=O)Nc2ccc(F)cc2C)ccc1OCc1ccccc1. The van der Waals surface area contributed by atoms with E-state index in [9.17, 15) is 14.0 Å². The molecule has 0 fully saturated rings. The molecule has 39 heavy (non-hydrogen) atoms. The molecule has 3 aromatic rings. The highest BCUT2D eigenvalue weighted by molar-refractivity contribution is 5.90. The molecule has 0 aliphatic carbocycles. The highest BCUT2D eigenvalue weighted by Gasteiger charge is 2.19. The number of hydrogen-bond acceptors (Lipinski definition) is 5. The van der Waals surface area contributed by atoms with E-state index in [1.807, 2.05) is 42.5 Å². The number of carbonyl (C=O) groups is 2. The first-order chi connectivity index (χ1) is 18.5. The summed E-state index contributed by atoms with van der Waals surface area (Å²) >= 11 is 0. The van der Waals surface area contributed by atoms with Crippen molar-refractivity contribution in [3.05, 3.63) is 89.2 Å². The van der Waals surface area contributed by atoms with Gasteiger partial charge in [0, 0.05) is 25.3 Å². The molecule has 0 aliphatic rings. The number of urea groups is 1. The van der Waals surface area contributed by atoms with E-state index in [-0.39, 0.29) is 25.5 Å². The van der Waals surface area contributed by atoms with Crippen LogP contribution in [0.1, 0.15) is 37.5 Å². The van der Waals surface area contributed by atoms with E-state index < -0.39 is 17.7 Å². The van der Waals surface area contributed by atoms with Crippen LogP contribution in [0.4, 0.5) is 19.7 Å². The van der Waals surface area contributed by atoms with Gasteiger partial charge in [-0.15, -0.1) is 0 Å². The Bertz CT molecular complexity index is 1260. The lowest BCUT2D eigenvalue weighted by Crippen LogP contribution is -2.41. The largest absolute Gasteiger partial charge is 0.493 e. The summed E-state index contributed by atoms with van der Waals surface area (Å²) in [5, 5.41) is 5.51. The lowest BCUT2D eigenvalue weighted by Gasteiger charge is -2.25. The second kappa shape index (κ2) is 13.5. The molecule has 2 N–H and O–H groups in total. The first kappa shape index (κ1) is 29.3. The van der Waals surface area contributed by atoms with Crippen LogP contribution in [0.15, 0.2) is 66.7 Å². The van der Waals surface area contributed by atoms with Gasteiger partial charge in [0.1, 0.15) is 18.0 Å². The molecule has 8 nitrogen and oxygen atoms in total. The van der Waals surface area contributed by atoms with Crippen molar-refractivity contribution >= 4 is 17.8 Å². The maximum Gasteiger partial charge on any atom is 0.407 e. The van der Waals surface area contributed by atoms with Crippen LogP contribution >= 0.6 is 0 Å². The molecule has 9 heteroatoms. The third-order valence-electron chi connectivity index (χ3n) is 5.61. The van der Waals surface area contributed by atoms with Crippen LogP contribution in [0.25, 0.3) is 0 Å². The minimum atomic E-state index is -0.637. The van der Waals surface area contributed by atoms with Crippen molar-refractivity contribution in [2.24, 2.45) is 0 Å². The van der Waals surface area contributed by atoms with Crippen LogP contribution in [0, 0.1) is 12.7 Å². The van der Waals surface area contributed by atoms with Crippen LogP contribution in [0.3, 0.4) is 0 Å². The average molecular weight is 538 g/mol. The fourth-order valence-electron chi connectivity index (χ4n) is 3.71. The van der Waals surface area contributed by atoms with Crippen molar-refractivity contribution in [3.8, 4) is 11.5 Å². The Kier molecular flexibility index (Phi) is 10.1. The van der Waals surface area contributed by atoms with Gasteiger partial charge in [-0.25, -0.2) is 14.0 Å². The van der Waals surface area contributed by atoms with Crippen LogP contribution in [0.5, 0.6) is 11.5 Å². The van der Waals surface area contributed by atoms with Gasteiger partial charge in [-0.05, 0) is 74.7 Å². The fourth-order valence-corrected chi connectivity index (χ4v) is 3.71. The van der Waals surface area contributed by atoms with Crippen LogP contribution < -0.4 is 20.1 Å². The van der Waals surface area contributed by atoms with Crippen molar-refractivity contribution in [1.82, 2.24) is 10.2 Å². The summed E-state index contributed by atoms with van der Waals surface area (Å²) in [4.78, 5) is 26.9. The van der Waals surface area contributed by atoms with Crippen molar-refractivity contribution in [2.75, 3.05) is 25.5 Å². The molecule has 3 amide bonds. The van der Waals surface area contributed by atoms with Gasteiger partial charge in [0.25, 0.3) is 0 Å². The Morgan fingerprint density at radius 3 is 2.36 bits per heavy atom. The van der Waals surface area contributed by atoms with E-state index in [0.717, 1.165) is 11.1 Å². The number of nitrogens with zero attached hydrogens (tertiary/aromatic N) is 1. The second-order valence-electron chi connectivity index (χ2n) is 10.00. The quantitative estimate of drug-likeness (QED) is 0.318. The number of hydrogen-bond donors (Lipinski definition) is 2. The summed E-state index contributed by atoms with van der Waals surface area (Å²) in [6.07, 6.45) is -0.571. The second-order valence-corrected chi connectivity index (χ2v) is 10.00.